The van der Waals surface area contributed by atoms with Gasteiger partial charge in [0.15, 0.2) is 0 Å². The lowest BCUT2D eigenvalue weighted by Crippen LogP contribution is -2.28. The molecule has 0 radical (unpaired) electrons. The fraction of sp³-hybridized carbons (Fsp3) is 0.625. The minimum Gasteiger partial charge on any atom is -0.384 e. The number of para-hydroxylation sites is 1. The van der Waals surface area contributed by atoms with Gasteiger partial charge in [0.25, 0.3) is 0 Å². The normalized spacial score (nSPS) is 15.5. The molecule has 2 rings (SSSR count). The van der Waals surface area contributed by atoms with Gasteiger partial charge in [-0.1, -0.05) is 58.7 Å². The Labute approximate surface area is 107 Å². The Hall–Kier alpha value is -0.980. The van der Waals surface area contributed by atoms with Crippen molar-refractivity contribution in [3.63, 3.8) is 0 Å². The first-order valence-electron chi connectivity index (χ1n) is 7.16. The molecule has 0 atom stereocenters. The first-order valence-corrected chi connectivity index (χ1v) is 7.16. The third-order valence-electron chi connectivity index (χ3n) is 3.57. The predicted octanol–water partition coefficient (Wildman–Crippen LogP) is 4.98. The Morgan fingerprint density at radius 2 is 1.65 bits per heavy atom. The second-order valence-corrected chi connectivity index (χ2v) is 4.68. The molecule has 1 aromatic carbocycles. The van der Waals surface area contributed by atoms with Crippen molar-refractivity contribution in [2.24, 2.45) is 0 Å². The summed E-state index contributed by atoms with van der Waals surface area (Å²) in [6.45, 7) is 9.71. The van der Waals surface area contributed by atoms with E-state index >= 15 is 0 Å². The van der Waals surface area contributed by atoms with Crippen molar-refractivity contribution in [2.45, 2.75) is 58.8 Å². The van der Waals surface area contributed by atoms with Gasteiger partial charge in [0.05, 0.1) is 0 Å². The average molecular weight is 233 g/mol. The quantitative estimate of drug-likeness (QED) is 0.773. The Bertz CT molecular complexity index is 319. The zero-order valence-electron chi connectivity index (χ0n) is 11.8. The topological polar surface area (TPSA) is 12.0 Å². The molecule has 1 N–H and O–H groups in total. The van der Waals surface area contributed by atoms with Crippen LogP contribution in [0.1, 0.15) is 58.9 Å². The second kappa shape index (κ2) is 6.68. The molecule has 17 heavy (non-hydrogen) atoms. The predicted molar refractivity (Wildman–Crippen MR) is 77.8 cm³/mol. The van der Waals surface area contributed by atoms with Gasteiger partial charge < -0.3 is 5.32 Å². The van der Waals surface area contributed by atoms with Crippen molar-refractivity contribution in [3.8, 4) is 0 Å². The lowest BCUT2D eigenvalue weighted by Gasteiger charge is -2.28. The molecule has 1 heteroatoms. The molecule has 1 aliphatic rings. The molecule has 0 spiro atoms. The van der Waals surface area contributed by atoms with E-state index in [4.69, 9.17) is 0 Å². The minimum atomic E-state index is 0.417. The molecule has 0 unspecified atom stereocenters. The summed E-state index contributed by atoms with van der Waals surface area (Å²) >= 11 is 0. The van der Waals surface area contributed by atoms with Crippen LogP contribution in [-0.4, -0.2) is 6.54 Å². The zero-order chi connectivity index (χ0) is 12.7. The third kappa shape index (κ3) is 2.83. The molecule has 96 valence electrons. The van der Waals surface area contributed by atoms with Gasteiger partial charge in [-0.2, -0.15) is 0 Å². The molecule has 0 bridgehead atoms. The van der Waals surface area contributed by atoms with Crippen LogP contribution in [0.2, 0.25) is 0 Å². The summed E-state index contributed by atoms with van der Waals surface area (Å²) in [5.74, 6) is 0. The summed E-state index contributed by atoms with van der Waals surface area (Å²) < 4.78 is 0. The highest BCUT2D eigenvalue weighted by Gasteiger charge is 2.36. The van der Waals surface area contributed by atoms with Gasteiger partial charge >= 0.3 is 0 Å². The van der Waals surface area contributed by atoms with Crippen LogP contribution >= 0.6 is 0 Å². The molecule has 0 amide bonds. The third-order valence-corrected chi connectivity index (χ3v) is 3.57. The van der Waals surface area contributed by atoms with E-state index in [-0.39, 0.29) is 0 Å². The van der Waals surface area contributed by atoms with Crippen LogP contribution in [-0.2, 0) is 5.41 Å². The molecule has 1 aliphatic heterocycles. The Morgan fingerprint density at radius 1 is 1.06 bits per heavy atom. The van der Waals surface area contributed by atoms with Gasteiger partial charge in [-0.05, 0) is 24.5 Å². The minimum absolute atomic E-state index is 0.417. The first kappa shape index (κ1) is 14.1. The standard InChI is InChI=1S/C14H21N.C2H6/c1-3-9-14(10-4-2)11-15-13-8-6-5-7-12(13)14;1-2/h5-8,15H,3-4,9-11H2,1-2H3;1-2H3. The van der Waals surface area contributed by atoms with Crippen LogP contribution in [0.3, 0.4) is 0 Å². The first-order chi connectivity index (χ1) is 8.32. The molecule has 0 saturated heterocycles. The van der Waals surface area contributed by atoms with Gasteiger partial charge in [0.2, 0.25) is 0 Å². The van der Waals surface area contributed by atoms with Crippen molar-refractivity contribution in [3.05, 3.63) is 29.8 Å². The van der Waals surface area contributed by atoms with E-state index < -0.39 is 0 Å². The SMILES string of the molecule is CC.CCCC1(CCC)CNc2ccccc21. The smallest absolute Gasteiger partial charge is 0.0379 e. The molecule has 0 aromatic heterocycles. The largest absolute Gasteiger partial charge is 0.384 e. The lowest BCUT2D eigenvalue weighted by molar-refractivity contribution is 0.391. The highest BCUT2D eigenvalue weighted by molar-refractivity contribution is 5.60. The molecule has 1 aromatic rings. The van der Waals surface area contributed by atoms with Crippen molar-refractivity contribution in [1.29, 1.82) is 0 Å². The molecule has 1 heterocycles. The number of nitrogens with one attached hydrogen (secondary N) is 1. The average Bonchev–Trinajstić information content (AvgIpc) is 2.73. The van der Waals surface area contributed by atoms with Crippen LogP contribution in [0.5, 0.6) is 0 Å². The number of hydrogen-bond acceptors (Lipinski definition) is 1. The van der Waals surface area contributed by atoms with Crippen LogP contribution in [0.15, 0.2) is 24.3 Å². The Morgan fingerprint density at radius 3 is 2.24 bits per heavy atom. The molecular weight excluding hydrogens is 206 g/mol. The molecule has 0 fully saturated rings. The van der Waals surface area contributed by atoms with E-state index in [1.165, 1.54) is 31.4 Å². The van der Waals surface area contributed by atoms with Crippen LogP contribution < -0.4 is 5.32 Å². The molecular formula is C16H27N. The molecule has 0 aliphatic carbocycles. The van der Waals surface area contributed by atoms with Crippen molar-refractivity contribution >= 4 is 5.69 Å². The van der Waals surface area contributed by atoms with Crippen LogP contribution in [0.25, 0.3) is 0 Å². The summed E-state index contributed by atoms with van der Waals surface area (Å²) in [6, 6.07) is 8.81. The van der Waals surface area contributed by atoms with Crippen molar-refractivity contribution in [2.75, 3.05) is 11.9 Å². The molecule has 1 nitrogen and oxygen atoms in total. The Kier molecular flexibility index (Phi) is 5.54. The summed E-state index contributed by atoms with van der Waals surface area (Å²) in [5.41, 5.74) is 3.33. The maximum absolute atomic E-state index is 3.56. The zero-order valence-corrected chi connectivity index (χ0v) is 11.8. The second-order valence-electron chi connectivity index (χ2n) is 4.68. The Balaban J connectivity index is 0.000000686. The van der Waals surface area contributed by atoms with Gasteiger partial charge in [-0.3, -0.25) is 0 Å². The van der Waals surface area contributed by atoms with Gasteiger partial charge in [0.1, 0.15) is 0 Å². The van der Waals surface area contributed by atoms with Crippen molar-refractivity contribution in [1.82, 2.24) is 0 Å². The van der Waals surface area contributed by atoms with Crippen molar-refractivity contribution < 1.29 is 0 Å². The van der Waals surface area contributed by atoms with Gasteiger partial charge in [-0.25, -0.2) is 0 Å². The van der Waals surface area contributed by atoms with Gasteiger partial charge in [0, 0.05) is 17.6 Å². The number of benzene rings is 1. The summed E-state index contributed by atoms with van der Waals surface area (Å²) in [5, 5.41) is 3.56. The van der Waals surface area contributed by atoms with Crippen LogP contribution in [0.4, 0.5) is 5.69 Å². The van der Waals surface area contributed by atoms with E-state index in [0.717, 1.165) is 6.54 Å². The van der Waals surface area contributed by atoms with E-state index in [1.54, 1.807) is 5.56 Å². The number of rotatable bonds is 4. The van der Waals surface area contributed by atoms with Crippen LogP contribution in [0, 0.1) is 0 Å². The highest BCUT2D eigenvalue weighted by Crippen LogP contribution is 2.43. The summed E-state index contributed by atoms with van der Waals surface area (Å²) in [6.07, 6.45) is 5.17. The van der Waals surface area contributed by atoms with E-state index in [2.05, 4.69) is 43.4 Å². The maximum atomic E-state index is 3.56. The monoisotopic (exact) mass is 233 g/mol. The number of fused-ring (bicyclic) bond motifs is 1. The van der Waals surface area contributed by atoms with Gasteiger partial charge in [-0.15, -0.1) is 0 Å². The number of anilines is 1. The molecule has 0 saturated carbocycles. The lowest BCUT2D eigenvalue weighted by atomic mass is 9.75. The fourth-order valence-corrected chi connectivity index (χ4v) is 2.99. The maximum Gasteiger partial charge on any atom is 0.0379 e. The highest BCUT2D eigenvalue weighted by atomic mass is 14.9. The van der Waals surface area contributed by atoms with E-state index in [0.29, 0.717) is 5.41 Å². The number of hydrogen-bond donors (Lipinski definition) is 1. The fourth-order valence-electron chi connectivity index (χ4n) is 2.99. The van der Waals surface area contributed by atoms with E-state index in [1.807, 2.05) is 13.8 Å². The van der Waals surface area contributed by atoms with E-state index in [9.17, 15) is 0 Å². The summed E-state index contributed by atoms with van der Waals surface area (Å²) in [4.78, 5) is 0. The summed E-state index contributed by atoms with van der Waals surface area (Å²) in [7, 11) is 0.